The molecule has 1 nitrogen and oxygen atoms in total. The lowest BCUT2D eigenvalue weighted by molar-refractivity contribution is 0.475. The van der Waals surface area contributed by atoms with E-state index in [1.165, 1.54) is 0 Å². The van der Waals surface area contributed by atoms with Crippen molar-refractivity contribution in [3.8, 4) is 5.75 Å². The summed E-state index contributed by atoms with van der Waals surface area (Å²) in [4.78, 5) is 0. The fourth-order valence-corrected chi connectivity index (χ4v) is 0.428. The van der Waals surface area contributed by atoms with Crippen LogP contribution in [0.2, 0.25) is 0 Å². The molecular weight excluding hydrogens is 144 g/mol. The van der Waals surface area contributed by atoms with E-state index in [2.05, 4.69) is 0 Å². The van der Waals surface area contributed by atoms with Gasteiger partial charge in [0.15, 0.2) is 0 Å². The van der Waals surface area contributed by atoms with Gasteiger partial charge in [-0.25, -0.2) is 0 Å². The molecule has 0 aliphatic rings. The minimum Gasteiger partial charge on any atom is -0.508 e. The van der Waals surface area contributed by atoms with Crippen molar-refractivity contribution < 1.29 is 5.11 Å². The van der Waals surface area contributed by atoms with Gasteiger partial charge in [0.2, 0.25) is 0 Å². The summed E-state index contributed by atoms with van der Waals surface area (Å²) in [7, 11) is 0. The molecule has 56 valence electrons. The maximum absolute atomic E-state index is 8.63. The monoisotopic (exact) mass is 156 g/mol. The molecule has 0 amide bonds. The van der Waals surface area contributed by atoms with Crippen molar-refractivity contribution in [2.45, 2.75) is 0 Å². The van der Waals surface area contributed by atoms with Crippen LogP contribution in [0, 0.1) is 0 Å². The third-order valence-corrected chi connectivity index (χ3v) is 0.756. The summed E-state index contributed by atoms with van der Waals surface area (Å²) in [6, 6.07) is 8.71. The van der Waals surface area contributed by atoms with Crippen LogP contribution in [-0.2, 0) is 0 Å². The molecule has 0 radical (unpaired) electrons. The van der Waals surface area contributed by atoms with Crippen molar-refractivity contribution in [2.24, 2.45) is 0 Å². The standard InChI is InChI=1S/C6H6O.C2H6S/c7-6-4-2-1-3-5-6;1-3-2/h1-5,7H;1-2H3. The second-order valence-corrected chi connectivity index (χ2v) is 2.56. The summed E-state index contributed by atoms with van der Waals surface area (Å²) in [5.41, 5.74) is 0. The number of aromatic hydroxyl groups is 1. The Labute approximate surface area is 66.1 Å². The van der Waals surface area contributed by atoms with Crippen LogP contribution in [0.25, 0.3) is 0 Å². The van der Waals surface area contributed by atoms with Gasteiger partial charge in [-0.1, -0.05) is 18.2 Å². The van der Waals surface area contributed by atoms with Gasteiger partial charge in [-0.3, -0.25) is 0 Å². The molecule has 1 aromatic rings. The molecule has 10 heavy (non-hydrogen) atoms. The highest BCUT2D eigenvalue weighted by Crippen LogP contribution is 2.02. The Balaban J connectivity index is 0.000000236. The number of para-hydroxylation sites is 1. The topological polar surface area (TPSA) is 20.2 Å². The number of hydrogen-bond donors (Lipinski definition) is 1. The third-order valence-electron chi connectivity index (χ3n) is 0.756. The molecule has 0 fully saturated rings. The molecule has 2 heteroatoms. The lowest BCUT2D eigenvalue weighted by atomic mass is 10.3. The molecule has 0 saturated carbocycles. The molecular formula is C8H12OS. The largest absolute Gasteiger partial charge is 0.508 e. The number of phenolic OH excluding ortho intramolecular Hbond substituents is 1. The Hall–Kier alpha value is -0.630. The van der Waals surface area contributed by atoms with Crippen LogP contribution in [0.15, 0.2) is 30.3 Å². The third kappa shape index (κ3) is 5.51. The summed E-state index contributed by atoms with van der Waals surface area (Å²) in [5, 5.41) is 8.63. The second-order valence-electron chi connectivity index (χ2n) is 1.74. The highest BCUT2D eigenvalue weighted by Gasteiger charge is 1.74. The van der Waals surface area contributed by atoms with Crippen LogP contribution in [0.5, 0.6) is 5.75 Å². The molecule has 1 aromatic carbocycles. The first-order valence-electron chi connectivity index (χ1n) is 2.95. The van der Waals surface area contributed by atoms with E-state index >= 15 is 0 Å². The van der Waals surface area contributed by atoms with Gasteiger partial charge in [0, 0.05) is 0 Å². The van der Waals surface area contributed by atoms with Crippen LogP contribution >= 0.6 is 11.8 Å². The lowest BCUT2D eigenvalue weighted by Gasteiger charge is -1.82. The summed E-state index contributed by atoms with van der Waals surface area (Å²) >= 11 is 1.75. The van der Waals surface area contributed by atoms with E-state index in [1.807, 2.05) is 18.6 Å². The quantitative estimate of drug-likeness (QED) is 0.622. The van der Waals surface area contributed by atoms with Gasteiger partial charge >= 0.3 is 0 Å². The summed E-state index contributed by atoms with van der Waals surface area (Å²) in [6.45, 7) is 0. The fourth-order valence-electron chi connectivity index (χ4n) is 0.428. The van der Waals surface area contributed by atoms with Crippen LogP contribution in [0.1, 0.15) is 0 Å². The second kappa shape index (κ2) is 6.49. The zero-order valence-electron chi connectivity index (χ0n) is 6.24. The van der Waals surface area contributed by atoms with Gasteiger partial charge < -0.3 is 5.11 Å². The number of hydrogen-bond acceptors (Lipinski definition) is 2. The van der Waals surface area contributed by atoms with Gasteiger partial charge in [-0.15, -0.1) is 0 Å². The molecule has 0 unspecified atom stereocenters. The fraction of sp³-hybridized carbons (Fsp3) is 0.250. The van der Waals surface area contributed by atoms with Crippen molar-refractivity contribution >= 4 is 11.8 Å². The van der Waals surface area contributed by atoms with Gasteiger partial charge in [0.1, 0.15) is 5.75 Å². The molecule has 1 rings (SSSR count). The van der Waals surface area contributed by atoms with Crippen LogP contribution in [-0.4, -0.2) is 17.6 Å². The summed E-state index contributed by atoms with van der Waals surface area (Å²) in [6.07, 6.45) is 4.08. The lowest BCUT2D eigenvalue weighted by Crippen LogP contribution is -1.56. The summed E-state index contributed by atoms with van der Waals surface area (Å²) < 4.78 is 0. The SMILES string of the molecule is CSC.Oc1ccccc1. The van der Waals surface area contributed by atoms with Gasteiger partial charge in [-0.05, 0) is 24.6 Å². The average molecular weight is 156 g/mol. The van der Waals surface area contributed by atoms with Crippen LogP contribution in [0.4, 0.5) is 0 Å². The Morgan fingerprint density at radius 3 is 1.70 bits per heavy atom. The predicted octanol–water partition coefficient (Wildman–Crippen LogP) is 2.37. The molecule has 0 aromatic heterocycles. The van der Waals surface area contributed by atoms with E-state index in [9.17, 15) is 0 Å². The van der Waals surface area contributed by atoms with E-state index < -0.39 is 0 Å². The average Bonchev–Trinajstić information content (AvgIpc) is 1.91. The Bertz CT molecular complexity index is 151. The van der Waals surface area contributed by atoms with E-state index in [4.69, 9.17) is 5.11 Å². The minimum atomic E-state index is 0.322. The molecule has 1 N–H and O–H groups in total. The number of benzene rings is 1. The summed E-state index contributed by atoms with van der Waals surface area (Å²) in [5.74, 6) is 0.322. The Morgan fingerprint density at radius 2 is 1.50 bits per heavy atom. The first kappa shape index (κ1) is 9.37. The smallest absolute Gasteiger partial charge is 0.115 e. The van der Waals surface area contributed by atoms with Crippen molar-refractivity contribution in [3.05, 3.63) is 30.3 Å². The highest BCUT2D eigenvalue weighted by molar-refractivity contribution is 7.97. The molecule has 0 aliphatic carbocycles. The van der Waals surface area contributed by atoms with E-state index in [0.717, 1.165) is 0 Å². The van der Waals surface area contributed by atoms with Crippen LogP contribution in [0.3, 0.4) is 0 Å². The number of rotatable bonds is 0. The maximum atomic E-state index is 8.63. The molecule has 0 spiro atoms. The Kier molecular flexibility index (Phi) is 6.08. The molecule has 0 atom stereocenters. The molecule has 0 heterocycles. The van der Waals surface area contributed by atoms with Crippen molar-refractivity contribution in [2.75, 3.05) is 12.5 Å². The van der Waals surface area contributed by atoms with E-state index in [0.29, 0.717) is 5.75 Å². The Morgan fingerprint density at radius 1 is 1.10 bits per heavy atom. The van der Waals surface area contributed by atoms with Crippen molar-refractivity contribution in [1.82, 2.24) is 0 Å². The van der Waals surface area contributed by atoms with Gasteiger partial charge in [0.05, 0.1) is 0 Å². The zero-order valence-corrected chi connectivity index (χ0v) is 7.06. The van der Waals surface area contributed by atoms with E-state index in [-0.39, 0.29) is 0 Å². The maximum Gasteiger partial charge on any atom is 0.115 e. The van der Waals surface area contributed by atoms with Crippen LogP contribution < -0.4 is 0 Å². The molecule has 0 saturated heterocycles. The molecule has 0 bridgehead atoms. The van der Waals surface area contributed by atoms with E-state index in [1.54, 1.807) is 36.0 Å². The van der Waals surface area contributed by atoms with Crippen molar-refractivity contribution in [3.63, 3.8) is 0 Å². The van der Waals surface area contributed by atoms with Crippen molar-refractivity contribution in [1.29, 1.82) is 0 Å². The highest BCUT2D eigenvalue weighted by atomic mass is 32.2. The number of phenols is 1. The first-order valence-corrected chi connectivity index (χ1v) is 4.58. The molecule has 0 aliphatic heterocycles. The first-order chi connectivity index (χ1) is 4.81. The van der Waals surface area contributed by atoms with Gasteiger partial charge in [-0.2, -0.15) is 11.8 Å². The normalized spacial score (nSPS) is 7.80. The minimum absolute atomic E-state index is 0.322. The predicted molar refractivity (Wildman–Crippen MR) is 47.5 cm³/mol. The zero-order chi connectivity index (χ0) is 7.82. The van der Waals surface area contributed by atoms with Gasteiger partial charge in [0.25, 0.3) is 0 Å². The number of thioether (sulfide) groups is 1.